The van der Waals surface area contributed by atoms with Crippen LogP contribution in [0.4, 0.5) is 5.69 Å². The van der Waals surface area contributed by atoms with Crippen LogP contribution in [0.1, 0.15) is 20.3 Å². The molecule has 22 heavy (non-hydrogen) atoms. The van der Waals surface area contributed by atoms with Crippen molar-refractivity contribution in [2.24, 2.45) is 0 Å². The molecule has 5 heteroatoms. The van der Waals surface area contributed by atoms with Crippen LogP contribution in [0.2, 0.25) is 0 Å². The van der Waals surface area contributed by atoms with Gasteiger partial charge in [0.15, 0.2) is 0 Å². The molecule has 0 aliphatic rings. The Morgan fingerprint density at radius 1 is 1.14 bits per heavy atom. The first kappa shape index (κ1) is 19.9. The smallest absolute Gasteiger partial charge is 0.118 e. The molecule has 0 unspecified atom stereocenters. The number of carbonyl (C=O) groups is 1. The summed E-state index contributed by atoms with van der Waals surface area (Å²) in [5, 5.41) is 8.25. The highest BCUT2D eigenvalue weighted by molar-refractivity contribution is 7.99. The van der Waals surface area contributed by atoms with Gasteiger partial charge in [0.05, 0.1) is 7.11 Å². The fraction of sp³-hybridized carbons (Fsp3) is 0.235. The van der Waals surface area contributed by atoms with E-state index in [0.717, 1.165) is 21.2 Å². The van der Waals surface area contributed by atoms with E-state index in [-0.39, 0.29) is 0 Å². The van der Waals surface area contributed by atoms with Crippen molar-refractivity contribution >= 4 is 23.9 Å². The third-order valence-electron chi connectivity index (χ3n) is 2.21. The van der Waals surface area contributed by atoms with Crippen molar-refractivity contribution in [1.29, 1.82) is 0 Å². The van der Waals surface area contributed by atoms with Crippen LogP contribution in [-0.2, 0) is 4.79 Å². The monoisotopic (exact) mass is 320 g/mol. The van der Waals surface area contributed by atoms with Gasteiger partial charge in [0, 0.05) is 22.0 Å². The van der Waals surface area contributed by atoms with Gasteiger partial charge in [-0.15, -0.1) is 0 Å². The lowest BCUT2D eigenvalue weighted by Gasteiger charge is -2.05. The van der Waals surface area contributed by atoms with Crippen molar-refractivity contribution in [3.8, 4) is 5.75 Å². The van der Waals surface area contributed by atoms with Gasteiger partial charge in [-0.25, -0.2) is 0 Å². The molecule has 2 N–H and O–H groups in total. The highest BCUT2D eigenvalue weighted by Crippen LogP contribution is 2.32. The van der Waals surface area contributed by atoms with Gasteiger partial charge in [-0.2, -0.15) is 0 Å². The van der Waals surface area contributed by atoms with Gasteiger partial charge in [0.2, 0.25) is 0 Å². The fourth-order valence-corrected chi connectivity index (χ4v) is 2.20. The van der Waals surface area contributed by atoms with E-state index >= 15 is 0 Å². The molecule has 0 amide bonds. The predicted octanol–water partition coefficient (Wildman–Crippen LogP) is 3.21. The third-order valence-corrected chi connectivity index (χ3v) is 3.31. The van der Waals surface area contributed by atoms with E-state index in [1.54, 1.807) is 18.9 Å². The molecule has 120 valence electrons. The molecule has 2 aromatic rings. The van der Waals surface area contributed by atoms with Crippen LogP contribution in [0, 0.1) is 0 Å². The number of nitrogens with two attached hydrogens (primary N) is 1. The lowest BCUT2D eigenvalue weighted by atomic mass is 10.3. The van der Waals surface area contributed by atoms with Crippen molar-refractivity contribution in [3.63, 3.8) is 0 Å². The van der Waals surface area contributed by atoms with Crippen molar-refractivity contribution in [2.45, 2.75) is 30.1 Å². The van der Waals surface area contributed by atoms with E-state index < -0.39 is 6.47 Å². The number of carboxylic acid groups (broad SMARTS) is 1. The minimum atomic E-state index is -0.500. The second-order valence-corrected chi connectivity index (χ2v) is 5.23. The predicted molar refractivity (Wildman–Crippen MR) is 90.0 cm³/mol. The van der Waals surface area contributed by atoms with Gasteiger partial charge < -0.3 is 20.4 Å². The van der Waals surface area contributed by atoms with Crippen LogP contribution in [0.25, 0.3) is 0 Å². The lowest BCUT2D eigenvalue weighted by molar-refractivity contribution is -0.283. The molecule has 0 spiro atoms. The summed E-state index contributed by atoms with van der Waals surface area (Å²) in [5.41, 5.74) is 6.69. The standard InChI is InChI=1S/C13H13NOS.C3H8.CH2O2/c1-15-10-6-8-11(9-7-10)16-13-5-3-2-4-12(13)14;1-3-2;2-1-3/h2-9H,14H2,1H3;3H2,1-2H3;1H,(H,2,3)/p-1. The molecular formula is C17H22NO3S-. The zero-order chi connectivity index (χ0) is 16.8. The minimum Gasteiger partial charge on any atom is -0.554 e. The van der Waals surface area contributed by atoms with E-state index in [9.17, 15) is 0 Å². The summed E-state index contributed by atoms with van der Waals surface area (Å²) in [6.07, 6.45) is 1.25. The minimum absolute atomic E-state index is 0.500. The Hall–Kier alpha value is -2.14. The van der Waals surface area contributed by atoms with E-state index in [1.165, 1.54) is 6.42 Å². The number of methoxy groups -OCH3 is 1. The zero-order valence-corrected chi connectivity index (χ0v) is 13.9. The number of hydrogen-bond acceptors (Lipinski definition) is 5. The molecule has 0 aromatic heterocycles. The molecule has 0 bridgehead atoms. The maximum Gasteiger partial charge on any atom is 0.118 e. The largest absolute Gasteiger partial charge is 0.554 e. The number of para-hydroxylation sites is 1. The maximum atomic E-state index is 8.25. The number of hydrogen-bond donors (Lipinski definition) is 1. The van der Waals surface area contributed by atoms with Crippen molar-refractivity contribution < 1.29 is 14.6 Å². The van der Waals surface area contributed by atoms with Gasteiger partial charge in [0.25, 0.3) is 0 Å². The van der Waals surface area contributed by atoms with E-state index in [2.05, 4.69) is 13.8 Å². The molecule has 0 aliphatic heterocycles. The van der Waals surface area contributed by atoms with Crippen molar-refractivity contribution in [1.82, 2.24) is 0 Å². The summed E-state index contributed by atoms with van der Waals surface area (Å²) in [7, 11) is 1.66. The van der Waals surface area contributed by atoms with Crippen LogP contribution in [0.5, 0.6) is 5.75 Å². The summed E-state index contributed by atoms with van der Waals surface area (Å²) in [6, 6.07) is 15.8. The maximum absolute atomic E-state index is 8.25. The Bertz CT molecular complexity index is 530. The Kier molecular flexibility index (Phi) is 11.4. The quantitative estimate of drug-likeness (QED) is 0.694. The second-order valence-electron chi connectivity index (χ2n) is 4.12. The molecule has 2 rings (SSSR count). The summed E-state index contributed by atoms with van der Waals surface area (Å²) >= 11 is 1.65. The summed E-state index contributed by atoms with van der Waals surface area (Å²) in [4.78, 5) is 10.5. The average Bonchev–Trinajstić information content (AvgIpc) is 2.52. The molecule has 0 radical (unpaired) electrons. The zero-order valence-electron chi connectivity index (χ0n) is 13.1. The molecule has 0 aliphatic carbocycles. The van der Waals surface area contributed by atoms with Crippen LogP contribution in [-0.4, -0.2) is 13.6 Å². The Morgan fingerprint density at radius 2 is 1.64 bits per heavy atom. The van der Waals surface area contributed by atoms with E-state index in [4.69, 9.17) is 20.4 Å². The Labute approximate surface area is 136 Å². The van der Waals surface area contributed by atoms with E-state index in [0.29, 0.717) is 0 Å². The number of nitrogen functional groups attached to an aromatic ring is 1. The summed E-state index contributed by atoms with van der Waals surface area (Å²) in [6.45, 7) is 3.75. The van der Waals surface area contributed by atoms with Gasteiger partial charge in [-0.3, -0.25) is 0 Å². The third kappa shape index (κ3) is 8.21. The normalized spacial score (nSPS) is 8.68. The first-order chi connectivity index (χ1) is 10.6. The Morgan fingerprint density at radius 3 is 2.09 bits per heavy atom. The lowest BCUT2D eigenvalue weighted by Crippen LogP contribution is -2.01. The molecule has 4 nitrogen and oxygen atoms in total. The molecule has 0 saturated carbocycles. The molecule has 2 aromatic carbocycles. The SMILES string of the molecule is CCC.COc1ccc(Sc2ccccc2N)cc1.O=C[O-]. The molecule has 0 atom stereocenters. The first-order valence-corrected chi connectivity index (χ1v) is 7.66. The topological polar surface area (TPSA) is 75.4 Å². The molecule has 0 fully saturated rings. The summed E-state index contributed by atoms with van der Waals surface area (Å²) in [5.74, 6) is 0.866. The van der Waals surface area contributed by atoms with Crippen LogP contribution >= 0.6 is 11.8 Å². The number of ether oxygens (including phenoxy) is 1. The highest BCUT2D eigenvalue weighted by Gasteiger charge is 2.00. The Balaban J connectivity index is 0.000000639. The summed E-state index contributed by atoms with van der Waals surface area (Å²) < 4.78 is 5.11. The van der Waals surface area contributed by atoms with Crippen LogP contribution < -0.4 is 15.6 Å². The van der Waals surface area contributed by atoms with Gasteiger partial charge in [-0.05, 0) is 36.4 Å². The number of carbonyl (C=O) groups excluding carboxylic acids is 1. The van der Waals surface area contributed by atoms with E-state index in [1.807, 2.05) is 48.5 Å². The average molecular weight is 320 g/mol. The van der Waals surface area contributed by atoms with Gasteiger partial charge >= 0.3 is 0 Å². The number of benzene rings is 2. The molecular weight excluding hydrogens is 298 g/mol. The van der Waals surface area contributed by atoms with Crippen molar-refractivity contribution in [2.75, 3.05) is 12.8 Å². The van der Waals surface area contributed by atoms with Gasteiger partial charge in [0.1, 0.15) is 5.75 Å². The molecule has 0 saturated heterocycles. The number of rotatable bonds is 3. The van der Waals surface area contributed by atoms with Crippen LogP contribution in [0.3, 0.4) is 0 Å². The molecule has 0 heterocycles. The van der Waals surface area contributed by atoms with Crippen molar-refractivity contribution in [3.05, 3.63) is 48.5 Å². The highest BCUT2D eigenvalue weighted by atomic mass is 32.2. The fourth-order valence-electron chi connectivity index (χ4n) is 1.34. The van der Waals surface area contributed by atoms with Gasteiger partial charge in [-0.1, -0.05) is 44.2 Å². The second kappa shape index (κ2) is 12.6. The van der Waals surface area contributed by atoms with Crippen LogP contribution in [0.15, 0.2) is 58.3 Å². The number of anilines is 1. The first-order valence-electron chi connectivity index (χ1n) is 6.84.